The van der Waals surface area contributed by atoms with E-state index in [4.69, 9.17) is 4.74 Å². The van der Waals surface area contributed by atoms with E-state index in [0.717, 1.165) is 28.1 Å². The summed E-state index contributed by atoms with van der Waals surface area (Å²) >= 11 is 0. The van der Waals surface area contributed by atoms with Crippen molar-refractivity contribution in [3.63, 3.8) is 0 Å². The van der Waals surface area contributed by atoms with Crippen LogP contribution in [0.25, 0.3) is 22.5 Å². The van der Waals surface area contributed by atoms with Gasteiger partial charge in [-0.25, -0.2) is 9.78 Å². The number of nitrogens with zero attached hydrogens (tertiary/aromatic N) is 2. The highest BCUT2D eigenvalue weighted by Gasteiger charge is 2.23. The fraction of sp³-hybridized carbons (Fsp3) is 0.0833. The molecule has 1 heterocycles. The molecule has 0 amide bonds. The van der Waals surface area contributed by atoms with Crippen molar-refractivity contribution in [2.75, 3.05) is 0 Å². The van der Waals surface area contributed by atoms with Gasteiger partial charge in [0.2, 0.25) is 5.82 Å². The number of carbonyl (C=O) groups excluding carboxylic acids is 1. The average molecular weight is 368 g/mol. The lowest BCUT2D eigenvalue weighted by Gasteiger charge is -2.08. The largest absolute Gasteiger partial charge is 0.455 e. The van der Waals surface area contributed by atoms with Crippen molar-refractivity contribution < 1.29 is 9.53 Å². The van der Waals surface area contributed by atoms with Crippen molar-refractivity contribution >= 4 is 5.97 Å². The molecule has 4 nitrogen and oxygen atoms in total. The first kappa shape index (κ1) is 17.7. The Kier molecular flexibility index (Phi) is 5.02. The molecule has 28 heavy (non-hydrogen) atoms. The van der Waals surface area contributed by atoms with Crippen molar-refractivity contribution in [1.29, 1.82) is 0 Å². The second-order valence-electron chi connectivity index (χ2n) is 6.49. The first-order chi connectivity index (χ1) is 13.7. The van der Waals surface area contributed by atoms with Crippen molar-refractivity contribution in [3.8, 4) is 22.5 Å². The Morgan fingerprint density at radius 2 is 1.36 bits per heavy atom. The molecule has 4 rings (SSSR count). The third-order valence-electron chi connectivity index (χ3n) is 4.58. The van der Waals surface area contributed by atoms with Gasteiger partial charge in [-0.3, -0.25) is 0 Å². The Morgan fingerprint density at radius 3 is 1.96 bits per heavy atom. The molecule has 1 aromatic heterocycles. The van der Waals surface area contributed by atoms with E-state index >= 15 is 0 Å². The van der Waals surface area contributed by atoms with Gasteiger partial charge in [0.05, 0.1) is 11.4 Å². The first-order valence-corrected chi connectivity index (χ1v) is 9.12. The normalized spacial score (nSPS) is 10.6. The molecule has 3 aromatic carbocycles. The van der Waals surface area contributed by atoms with Gasteiger partial charge in [-0.2, -0.15) is 0 Å². The SMILES string of the molecule is Cn1c(C(=O)OCc2ccccc2)nc(-c2ccccc2)c1-c1ccccc1. The lowest BCUT2D eigenvalue weighted by atomic mass is 10.1. The van der Waals surface area contributed by atoms with Crippen molar-refractivity contribution in [3.05, 3.63) is 102 Å². The highest BCUT2D eigenvalue weighted by Crippen LogP contribution is 2.32. The Morgan fingerprint density at radius 1 is 0.821 bits per heavy atom. The summed E-state index contributed by atoms with van der Waals surface area (Å²) in [6.45, 7) is 0.216. The van der Waals surface area contributed by atoms with Crippen LogP contribution in [0, 0.1) is 0 Å². The van der Waals surface area contributed by atoms with Gasteiger partial charge in [0.15, 0.2) is 0 Å². The summed E-state index contributed by atoms with van der Waals surface area (Å²) in [5.74, 6) is -0.153. The monoisotopic (exact) mass is 368 g/mol. The van der Waals surface area contributed by atoms with Gasteiger partial charge in [0, 0.05) is 18.2 Å². The molecule has 0 saturated heterocycles. The van der Waals surface area contributed by atoms with Gasteiger partial charge >= 0.3 is 5.97 Å². The fourth-order valence-electron chi connectivity index (χ4n) is 3.19. The standard InChI is InChI=1S/C24H20N2O2/c1-26-22(20-15-9-4-10-16-20)21(19-13-7-3-8-14-19)25-23(26)24(27)28-17-18-11-5-2-6-12-18/h2-16H,17H2,1H3. The Labute approximate surface area is 164 Å². The predicted octanol–water partition coefficient (Wildman–Crippen LogP) is 5.11. The van der Waals surface area contributed by atoms with Crippen LogP contribution in [0.1, 0.15) is 16.2 Å². The van der Waals surface area contributed by atoms with Crippen molar-refractivity contribution in [2.45, 2.75) is 6.61 Å². The molecular weight excluding hydrogens is 348 g/mol. The van der Waals surface area contributed by atoms with E-state index in [0.29, 0.717) is 0 Å². The van der Waals surface area contributed by atoms with E-state index in [1.165, 1.54) is 0 Å². The topological polar surface area (TPSA) is 44.1 Å². The van der Waals surface area contributed by atoms with Crippen LogP contribution in [0.4, 0.5) is 0 Å². The third-order valence-corrected chi connectivity index (χ3v) is 4.58. The maximum Gasteiger partial charge on any atom is 0.374 e. The van der Waals surface area contributed by atoms with E-state index in [9.17, 15) is 4.79 Å². The molecule has 0 bridgehead atoms. The minimum atomic E-state index is -0.439. The molecular formula is C24H20N2O2. The molecule has 4 heteroatoms. The van der Waals surface area contributed by atoms with Gasteiger partial charge in [0.25, 0.3) is 0 Å². The van der Waals surface area contributed by atoms with Crippen LogP contribution in [0.5, 0.6) is 0 Å². The second kappa shape index (κ2) is 7.92. The fourth-order valence-corrected chi connectivity index (χ4v) is 3.19. The Bertz CT molecular complexity index is 1070. The molecule has 0 unspecified atom stereocenters. The van der Waals surface area contributed by atoms with Gasteiger partial charge in [-0.1, -0.05) is 91.0 Å². The third kappa shape index (κ3) is 3.58. The number of benzene rings is 3. The van der Waals surface area contributed by atoms with Crippen LogP contribution in [-0.2, 0) is 18.4 Å². The first-order valence-electron chi connectivity index (χ1n) is 9.12. The minimum Gasteiger partial charge on any atom is -0.455 e. The number of hydrogen-bond donors (Lipinski definition) is 0. The second-order valence-corrected chi connectivity index (χ2v) is 6.49. The molecule has 0 radical (unpaired) electrons. The van der Waals surface area contributed by atoms with E-state index < -0.39 is 5.97 Å². The average Bonchev–Trinajstić information content (AvgIpc) is 3.11. The lowest BCUT2D eigenvalue weighted by molar-refractivity contribution is 0.0454. The molecule has 0 aliphatic rings. The molecule has 0 saturated carbocycles. The quantitative estimate of drug-likeness (QED) is 0.460. The molecule has 0 aliphatic heterocycles. The van der Waals surface area contributed by atoms with Gasteiger partial charge in [-0.05, 0) is 5.56 Å². The van der Waals surface area contributed by atoms with Crippen LogP contribution in [-0.4, -0.2) is 15.5 Å². The molecule has 0 fully saturated rings. The minimum absolute atomic E-state index is 0.216. The number of aromatic nitrogens is 2. The summed E-state index contributed by atoms with van der Waals surface area (Å²) in [7, 11) is 1.85. The highest BCUT2D eigenvalue weighted by molar-refractivity contribution is 5.90. The van der Waals surface area contributed by atoms with E-state index in [1.807, 2.05) is 103 Å². The predicted molar refractivity (Wildman–Crippen MR) is 110 cm³/mol. The summed E-state index contributed by atoms with van der Waals surface area (Å²) in [6.07, 6.45) is 0. The number of esters is 1. The van der Waals surface area contributed by atoms with Gasteiger partial charge in [-0.15, -0.1) is 0 Å². The molecule has 0 N–H and O–H groups in total. The maximum atomic E-state index is 12.8. The molecule has 0 spiro atoms. The molecule has 0 atom stereocenters. The van der Waals surface area contributed by atoms with Crippen LogP contribution in [0.15, 0.2) is 91.0 Å². The zero-order valence-electron chi connectivity index (χ0n) is 15.6. The summed E-state index contributed by atoms with van der Waals surface area (Å²) < 4.78 is 7.32. The van der Waals surface area contributed by atoms with E-state index in [1.54, 1.807) is 0 Å². The van der Waals surface area contributed by atoms with Crippen LogP contribution in [0.3, 0.4) is 0 Å². The molecule has 4 aromatic rings. The number of hydrogen-bond acceptors (Lipinski definition) is 3. The zero-order valence-corrected chi connectivity index (χ0v) is 15.6. The molecule has 138 valence electrons. The summed E-state index contributed by atoms with van der Waals surface area (Å²) in [6, 6.07) is 29.5. The summed E-state index contributed by atoms with van der Waals surface area (Å²) in [4.78, 5) is 17.4. The number of imidazole rings is 1. The smallest absolute Gasteiger partial charge is 0.374 e. The molecule has 0 aliphatic carbocycles. The summed E-state index contributed by atoms with van der Waals surface area (Å²) in [5, 5.41) is 0. The Balaban J connectivity index is 1.72. The zero-order chi connectivity index (χ0) is 19.3. The number of ether oxygens (including phenoxy) is 1. The van der Waals surface area contributed by atoms with Gasteiger partial charge < -0.3 is 9.30 Å². The maximum absolute atomic E-state index is 12.8. The number of carbonyl (C=O) groups is 1. The van der Waals surface area contributed by atoms with Gasteiger partial charge in [0.1, 0.15) is 6.61 Å². The van der Waals surface area contributed by atoms with Crippen molar-refractivity contribution in [2.24, 2.45) is 7.05 Å². The Hall–Kier alpha value is -3.66. The van der Waals surface area contributed by atoms with Crippen LogP contribution >= 0.6 is 0 Å². The van der Waals surface area contributed by atoms with Crippen molar-refractivity contribution in [1.82, 2.24) is 9.55 Å². The van der Waals surface area contributed by atoms with Crippen LogP contribution in [0.2, 0.25) is 0 Å². The van der Waals surface area contributed by atoms with E-state index in [2.05, 4.69) is 4.98 Å². The summed E-state index contributed by atoms with van der Waals surface area (Å²) in [5.41, 5.74) is 4.55. The lowest BCUT2D eigenvalue weighted by Crippen LogP contribution is -2.12. The van der Waals surface area contributed by atoms with E-state index in [-0.39, 0.29) is 12.4 Å². The highest BCUT2D eigenvalue weighted by atomic mass is 16.5. The van der Waals surface area contributed by atoms with Crippen LogP contribution < -0.4 is 0 Å². The number of rotatable bonds is 5.